The Morgan fingerprint density at radius 2 is 0.864 bits per heavy atom. The molecular formula is C45H86N6O15. The molecule has 21 nitrogen and oxygen atoms in total. The normalized spacial score (nSPS) is 12.2. The summed E-state index contributed by atoms with van der Waals surface area (Å²) < 4.78 is 47.9. The maximum atomic E-state index is 13.4. The summed E-state index contributed by atoms with van der Waals surface area (Å²) in [4.78, 5) is 80.1. The van der Waals surface area contributed by atoms with Gasteiger partial charge in [-0.25, -0.2) is 14.4 Å². The van der Waals surface area contributed by atoms with Gasteiger partial charge >= 0.3 is 18.3 Å². The van der Waals surface area contributed by atoms with E-state index in [2.05, 4.69) is 21.3 Å². The van der Waals surface area contributed by atoms with Crippen LogP contribution >= 0.6 is 0 Å². The first kappa shape index (κ1) is 62.0. The quantitative estimate of drug-likeness (QED) is 0.0516. The molecule has 0 unspecified atom stereocenters. The van der Waals surface area contributed by atoms with Crippen molar-refractivity contribution in [3.05, 3.63) is 0 Å². The van der Waals surface area contributed by atoms with Crippen molar-refractivity contribution in [1.82, 2.24) is 31.1 Å². The second-order valence-electron chi connectivity index (χ2n) is 18.4. The minimum absolute atomic E-state index is 0.109. The van der Waals surface area contributed by atoms with Gasteiger partial charge in [0, 0.05) is 60.0 Å². The van der Waals surface area contributed by atoms with Gasteiger partial charge in [-0.05, 0) is 107 Å². The SMILES string of the molecule is COCCOCCOCC(=O)NCCCC[C@H](NC(=O)COCCOCCOC)C(=O)NCCCN(CCCCN(CCCNC(=O)OC(C)(C)C)C(=O)OC(C)(C)C)C(=O)OC(C)(C)C. The van der Waals surface area contributed by atoms with E-state index in [0.29, 0.717) is 111 Å². The fourth-order valence-corrected chi connectivity index (χ4v) is 5.54. The molecule has 4 N–H and O–H groups in total. The molecule has 0 aliphatic rings. The number of hydrogen-bond acceptors (Lipinski definition) is 15. The molecule has 0 aromatic heterocycles. The number of rotatable bonds is 36. The smallest absolute Gasteiger partial charge is 0.410 e. The molecule has 0 saturated carbocycles. The number of nitrogens with zero attached hydrogens (tertiary/aromatic N) is 2. The number of carbonyl (C=O) groups is 6. The van der Waals surface area contributed by atoms with Crippen LogP contribution in [0, 0.1) is 0 Å². The predicted molar refractivity (Wildman–Crippen MR) is 247 cm³/mol. The van der Waals surface area contributed by atoms with E-state index in [1.165, 1.54) is 0 Å². The second-order valence-corrected chi connectivity index (χ2v) is 18.4. The van der Waals surface area contributed by atoms with Crippen molar-refractivity contribution in [2.24, 2.45) is 0 Å². The molecular weight excluding hydrogens is 865 g/mol. The van der Waals surface area contributed by atoms with Crippen molar-refractivity contribution in [3.63, 3.8) is 0 Å². The van der Waals surface area contributed by atoms with Crippen molar-refractivity contribution in [2.45, 2.75) is 130 Å². The Balaban J connectivity index is 5.36. The summed E-state index contributed by atoms with van der Waals surface area (Å²) in [6.07, 6.45) is 1.78. The van der Waals surface area contributed by atoms with Crippen LogP contribution in [0.4, 0.5) is 14.4 Å². The van der Waals surface area contributed by atoms with Crippen molar-refractivity contribution in [2.75, 3.05) is 126 Å². The van der Waals surface area contributed by atoms with Gasteiger partial charge in [0.05, 0.1) is 52.9 Å². The van der Waals surface area contributed by atoms with Gasteiger partial charge in [0.1, 0.15) is 36.1 Å². The number of carbonyl (C=O) groups excluding carboxylic acids is 6. The second kappa shape index (κ2) is 36.1. The van der Waals surface area contributed by atoms with Crippen LogP contribution in [0.25, 0.3) is 0 Å². The zero-order valence-electron chi connectivity index (χ0n) is 42.1. The van der Waals surface area contributed by atoms with Gasteiger partial charge in [-0.15, -0.1) is 0 Å². The van der Waals surface area contributed by atoms with Gasteiger partial charge in [-0.3, -0.25) is 14.4 Å². The van der Waals surface area contributed by atoms with Crippen molar-refractivity contribution in [1.29, 1.82) is 0 Å². The van der Waals surface area contributed by atoms with Gasteiger partial charge in [0.15, 0.2) is 0 Å². The average Bonchev–Trinajstić information content (AvgIpc) is 3.20. The minimum Gasteiger partial charge on any atom is -0.444 e. The first-order valence-corrected chi connectivity index (χ1v) is 23.1. The summed E-state index contributed by atoms with van der Waals surface area (Å²) in [5.41, 5.74) is -2.08. The predicted octanol–water partition coefficient (Wildman–Crippen LogP) is 3.79. The van der Waals surface area contributed by atoms with Gasteiger partial charge in [0.2, 0.25) is 17.7 Å². The van der Waals surface area contributed by atoms with Crippen molar-refractivity contribution < 1.29 is 71.4 Å². The van der Waals surface area contributed by atoms with Crippen molar-refractivity contribution >= 4 is 36.0 Å². The van der Waals surface area contributed by atoms with Crippen LogP contribution in [-0.4, -0.2) is 195 Å². The summed E-state index contributed by atoms with van der Waals surface area (Å²) in [6.45, 7) is 20.7. The lowest BCUT2D eigenvalue weighted by molar-refractivity contribution is -0.132. The largest absolute Gasteiger partial charge is 0.444 e. The number of amides is 6. The molecule has 0 rings (SSSR count). The summed E-state index contributed by atoms with van der Waals surface area (Å²) in [5, 5.41) is 11.1. The first-order chi connectivity index (χ1) is 31.1. The van der Waals surface area contributed by atoms with Crippen molar-refractivity contribution in [3.8, 4) is 0 Å². The highest BCUT2D eigenvalue weighted by atomic mass is 16.6. The molecule has 0 radical (unpaired) electrons. The standard InChI is InChI=1S/C45H86N6O15/c1-43(2,3)64-40(55)48-21-17-25-51(42(57)66-45(7,8)9)23-15-14-22-50(41(56)65-44(4,5)6)24-16-20-47-39(54)36(49-38(53)35-63-33-31-61-29-27-59-11)18-12-13-19-46-37(52)34-62-32-30-60-28-26-58-10/h36H,12-35H2,1-11H3,(H,46,52)(H,47,54)(H,48,55)(H,49,53)/t36-/m0/s1. The van der Waals surface area contributed by atoms with Crippen LogP contribution in [0.15, 0.2) is 0 Å². The van der Waals surface area contributed by atoms with Crippen LogP contribution in [-0.2, 0) is 57.0 Å². The van der Waals surface area contributed by atoms with E-state index in [1.807, 2.05) is 0 Å². The third-order valence-electron chi connectivity index (χ3n) is 8.55. The lowest BCUT2D eigenvalue weighted by Gasteiger charge is -2.29. The van der Waals surface area contributed by atoms with E-state index in [4.69, 9.17) is 42.6 Å². The maximum absolute atomic E-state index is 13.4. The summed E-state index contributed by atoms with van der Waals surface area (Å²) >= 11 is 0. The first-order valence-electron chi connectivity index (χ1n) is 23.1. The monoisotopic (exact) mass is 951 g/mol. The van der Waals surface area contributed by atoms with E-state index in [1.54, 1.807) is 86.3 Å². The highest BCUT2D eigenvalue weighted by Crippen LogP contribution is 2.14. The van der Waals surface area contributed by atoms with Crippen LogP contribution in [0.5, 0.6) is 0 Å². The minimum atomic E-state index is -0.876. The number of hydrogen-bond donors (Lipinski definition) is 4. The molecule has 386 valence electrons. The third-order valence-corrected chi connectivity index (χ3v) is 8.55. The van der Waals surface area contributed by atoms with Gasteiger partial charge in [-0.2, -0.15) is 0 Å². The molecule has 0 fully saturated rings. The van der Waals surface area contributed by atoms with Crippen LogP contribution in [0.2, 0.25) is 0 Å². The summed E-state index contributed by atoms with van der Waals surface area (Å²) in [5.74, 6) is -1.14. The van der Waals surface area contributed by atoms with E-state index in [0.717, 1.165) is 0 Å². The Bertz CT molecular complexity index is 1350. The molecule has 0 saturated heterocycles. The number of methoxy groups -OCH3 is 2. The molecule has 66 heavy (non-hydrogen) atoms. The van der Waals surface area contributed by atoms with Gasteiger partial charge in [-0.1, -0.05) is 0 Å². The Labute approximate surface area is 394 Å². The lowest BCUT2D eigenvalue weighted by atomic mass is 10.1. The van der Waals surface area contributed by atoms with Crippen LogP contribution in [0.1, 0.15) is 107 Å². The molecule has 0 aromatic carbocycles. The van der Waals surface area contributed by atoms with E-state index in [-0.39, 0.29) is 52.0 Å². The molecule has 6 amide bonds. The molecule has 0 spiro atoms. The summed E-state index contributed by atoms with van der Waals surface area (Å²) in [6, 6.07) is -0.876. The van der Waals surface area contributed by atoms with E-state index in [9.17, 15) is 28.8 Å². The molecule has 0 aromatic rings. The van der Waals surface area contributed by atoms with Crippen LogP contribution < -0.4 is 21.3 Å². The highest BCUT2D eigenvalue weighted by Gasteiger charge is 2.25. The zero-order chi connectivity index (χ0) is 49.9. The Kier molecular flexibility index (Phi) is 33.9. The summed E-state index contributed by atoms with van der Waals surface area (Å²) in [7, 11) is 3.15. The third kappa shape index (κ3) is 38.1. The molecule has 1 atom stereocenters. The fourth-order valence-electron chi connectivity index (χ4n) is 5.54. The van der Waals surface area contributed by atoms with Gasteiger partial charge in [0.25, 0.3) is 0 Å². The molecule has 0 heterocycles. The highest BCUT2D eigenvalue weighted by molar-refractivity contribution is 5.88. The van der Waals surface area contributed by atoms with E-state index >= 15 is 0 Å². The zero-order valence-corrected chi connectivity index (χ0v) is 42.1. The Morgan fingerprint density at radius 3 is 1.33 bits per heavy atom. The Morgan fingerprint density at radius 1 is 0.455 bits per heavy atom. The fraction of sp³-hybridized carbons (Fsp3) is 0.867. The molecule has 0 aliphatic carbocycles. The Hall–Kier alpha value is -4.02. The molecule has 0 bridgehead atoms. The number of unbranched alkanes of at least 4 members (excludes halogenated alkanes) is 2. The van der Waals surface area contributed by atoms with Gasteiger partial charge < -0.3 is 73.7 Å². The topological polar surface area (TPSA) is 240 Å². The average molecular weight is 951 g/mol. The molecule has 21 heteroatoms. The maximum Gasteiger partial charge on any atom is 0.410 e. The van der Waals surface area contributed by atoms with Crippen LogP contribution in [0.3, 0.4) is 0 Å². The van der Waals surface area contributed by atoms with E-state index < -0.39 is 52.9 Å². The number of ether oxygens (including phenoxy) is 9. The lowest BCUT2D eigenvalue weighted by Crippen LogP contribution is -2.48. The number of alkyl carbamates (subject to hydrolysis) is 1. The molecule has 0 aliphatic heterocycles. The number of nitrogens with one attached hydrogen (secondary N) is 4.